The largest absolute Gasteiger partial charge is 0.573 e. The molecule has 1 N–H and O–H groups in total. The van der Waals surface area contributed by atoms with Gasteiger partial charge in [-0.05, 0) is 47.4 Å². The summed E-state index contributed by atoms with van der Waals surface area (Å²) >= 11 is 0. The van der Waals surface area contributed by atoms with E-state index in [-0.39, 0.29) is 18.2 Å². The molecule has 5 nitrogen and oxygen atoms in total. The molecule has 1 amide bonds. The summed E-state index contributed by atoms with van der Waals surface area (Å²) in [6, 6.07) is 9.52. The van der Waals surface area contributed by atoms with Crippen molar-refractivity contribution >= 4 is 5.91 Å². The molecule has 0 fully saturated rings. The smallest absolute Gasteiger partial charge is 0.492 e. The lowest BCUT2D eigenvalue weighted by atomic mass is 9.90. The predicted octanol–water partition coefficient (Wildman–Crippen LogP) is 4.45. The Balaban J connectivity index is 2.02. The minimum absolute atomic E-state index is 0.237. The maximum atomic E-state index is 12.4. The highest BCUT2D eigenvalue weighted by Crippen LogP contribution is 2.41. The first-order chi connectivity index (χ1) is 14.3. The number of nitrogens with one attached hydrogen (secondary N) is 1. The standard InChI is InChI=1S/C22H19F3N2O3/c1-2-20(28)27-13-15-12-19(14-5-7-16(8-6-14)30-22(23,24)25)21-18(9-11-29-21)17(15)4-3-10-26/h2,5-8,12H,1,3-4,9,11,13H2,(H,27,28). The van der Waals surface area contributed by atoms with Crippen LogP contribution in [0.25, 0.3) is 11.1 Å². The van der Waals surface area contributed by atoms with Crippen molar-refractivity contribution in [3.05, 3.63) is 59.7 Å². The number of halogens is 3. The topological polar surface area (TPSA) is 71.3 Å². The van der Waals surface area contributed by atoms with Crippen molar-refractivity contribution in [1.82, 2.24) is 5.32 Å². The summed E-state index contributed by atoms with van der Waals surface area (Å²) in [5.74, 6) is 0.0207. The molecule has 156 valence electrons. The van der Waals surface area contributed by atoms with Crippen molar-refractivity contribution in [2.75, 3.05) is 6.61 Å². The van der Waals surface area contributed by atoms with Crippen LogP contribution in [0, 0.1) is 11.3 Å². The summed E-state index contributed by atoms with van der Waals surface area (Å²) in [4.78, 5) is 11.6. The second-order valence-corrected chi connectivity index (χ2v) is 6.62. The first kappa shape index (κ1) is 21.2. The van der Waals surface area contributed by atoms with Crippen molar-refractivity contribution in [1.29, 1.82) is 5.26 Å². The van der Waals surface area contributed by atoms with Crippen molar-refractivity contribution in [2.24, 2.45) is 0 Å². The van der Waals surface area contributed by atoms with Crippen LogP contribution in [0.3, 0.4) is 0 Å². The maximum absolute atomic E-state index is 12.4. The van der Waals surface area contributed by atoms with Crippen molar-refractivity contribution in [3.8, 4) is 28.7 Å². The lowest BCUT2D eigenvalue weighted by Crippen LogP contribution is -2.21. The zero-order chi connectivity index (χ0) is 21.7. The lowest BCUT2D eigenvalue weighted by Gasteiger charge is -2.18. The lowest BCUT2D eigenvalue weighted by molar-refractivity contribution is -0.274. The molecule has 0 spiro atoms. The number of carbonyl (C=O) groups excluding carboxylic acids is 1. The fourth-order valence-electron chi connectivity index (χ4n) is 3.46. The third-order valence-electron chi connectivity index (χ3n) is 4.71. The van der Waals surface area contributed by atoms with Gasteiger partial charge in [0, 0.05) is 30.5 Å². The minimum atomic E-state index is -4.76. The van der Waals surface area contributed by atoms with Crippen LogP contribution in [-0.4, -0.2) is 18.9 Å². The normalized spacial score (nSPS) is 12.5. The minimum Gasteiger partial charge on any atom is -0.492 e. The summed E-state index contributed by atoms with van der Waals surface area (Å²) in [5, 5.41) is 11.8. The highest BCUT2D eigenvalue weighted by Gasteiger charge is 2.31. The van der Waals surface area contributed by atoms with Crippen molar-refractivity contribution < 1.29 is 27.4 Å². The molecule has 0 saturated heterocycles. The van der Waals surface area contributed by atoms with Crippen LogP contribution >= 0.6 is 0 Å². The van der Waals surface area contributed by atoms with E-state index in [1.165, 1.54) is 30.3 Å². The Labute approximate surface area is 171 Å². The highest BCUT2D eigenvalue weighted by atomic mass is 19.4. The molecule has 0 saturated carbocycles. The molecule has 0 aromatic heterocycles. The van der Waals surface area contributed by atoms with E-state index in [0.717, 1.165) is 16.7 Å². The van der Waals surface area contributed by atoms with Gasteiger partial charge in [-0.3, -0.25) is 4.79 Å². The van der Waals surface area contributed by atoms with Crippen molar-refractivity contribution in [2.45, 2.75) is 32.2 Å². The Morgan fingerprint density at radius 1 is 1.33 bits per heavy atom. The summed E-state index contributed by atoms with van der Waals surface area (Å²) in [7, 11) is 0. The van der Waals surface area contributed by atoms with E-state index in [2.05, 4.69) is 22.7 Å². The van der Waals surface area contributed by atoms with Crippen LogP contribution in [-0.2, 0) is 24.2 Å². The number of carbonyl (C=O) groups is 1. The Kier molecular flexibility index (Phi) is 6.31. The van der Waals surface area contributed by atoms with Crippen LogP contribution in [0.5, 0.6) is 11.5 Å². The number of fused-ring (bicyclic) bond motifs is 1. The number of alkyl halides is 3. The molecule has 0 bridgehead atoms. The van der Waals surface area contributed by atoms with Gasteiger partial charge >= 0.3 is 6.36 Å². The molecule has 0 atom stereocenters. The number of rotatable bonds is 7. The molecule has 1 aliphatic heterocycles. The average molecular weight is 416 g/mol. The fraction of sp³-hybridized carbons (Fsp3) is 0.273. The second kappa shape index (κ2) is 8.91. The summed E-state index contributed by atoms with van der Waals surface area (Å²) in [5.41, 5.74) is 4.11. The number of hydrogen-bond donors (Lipinski definition) is 1. The molecule has 30 heavy (non-hydrogen) atoms. The molecule has 0 radical (unpaired) electrons. The summed E-state index contributed by atoms with van der Waals surface area (Å²) in [6.45, 7) is 4.14. The SMILES string of the molecule is C=CC(=O)NCc1cc(-c2ccc(OC(F)(F)F)cc2)c2c(c1CCC#N)CCO2. The van der Waals surface area contributed by atoms with Gasteiger partial charge in [-0.15, -0.1) is 13.2 Å². The average Bonchev–Trinajstić information content (AvgIpc) is 3.19. The molecule has 2 aromatic carbocycles. The van der Waals surface area contributed by atoms with Crippen LogP contribution < -0.4 is 14.8 Å². The molecule has 3 rings (SSSR count). The van der Waals surface area contributed by atoms with Gasteiger partial charge in [0.25, 0.3) is 0 Å². The van der Waals surface area contributed by atoms with E-state index in [1.807, 2.05) is 6.07 Å². The third kappa shape index (κ3) is 4.92. The number of benzene rings is 2. The first-order valence-electron chi connectivity index (χ1n) is 9.26. The highest BCUT2D eigenvalue weighted by molar-refractivity contribution is 5.87. The molecular weight excluding hydrogens is 397 g/mol. The Bertz CT molecular complexity index is 993. The van der Waals surface area contributed by atoms with Gasteiger partial charge in [-0.2, -0.15) is 5.26 Å². The summed E-state index contributed by atoms with van der Waals surface area (Å²) < 4.78 is 47.0. The van der Waals surface area contributed by atoms with Crippen LogP contribution in [0.4, 0.5) is 13.2 Å². The molecular formula is C22H19F3N2O3. The molecule has 1 aliphatic rings. The number of nitriles is 1. The Morgan fingerprint density at radius 2 is 2.07 bits per heavy atom. The van der Waals surface area contributed by atoms with E-state index in [9.17, 15) is 18.0 Å². The van der Waals surface area contributed by atoms with Crippen LogP contribution in [0.2, 0.25) is 0 Å². The van der Waals surface area contributed by atoms with E-state index in [0.29, 0.717) is 42.7 Å². The van der Waals surface area contributed by atoms with Gasteiger partial charge in [0.2, 0.25) is 5.91 Å². The van der Waals surface area contributed by atoms with Gasteiger partial charge in [0.05, 0.1) is 12.7 Å². The van der Waals surface area contributed by atoms with Gasteiger partial charge in [-0.25, -0.2) is 0 Å². The first-order valence-corrected chi connectivity index (χ1v) is 9.26. The number of nitrogens with zero attached hydrogens (tertiary/aromatic N) is 1. The fourth-order valence-corrected chi connectivity index (χ4v) is 3.46. The van der Waals surface area contributed by atoms with Gasteiger partial charge in [0.1, 0.15) is 11.5 Å². The molecule has 1 heterocycles. The van der Waals surface area contributed by atoms with Crippen molar-refractivity contribution in [3.63, 3.8) is 0 Å². The number of amides is 1. The molecule has 0 aliphatic carbocycles. The van der Waals surface area contributed by atoms with E-state index < -0.39 is 6.36 Å². The Hall–Kier alpha value is -3.47. The number of ether oxygens (including phenoxy) is 2. The second-order valence-electron chi connectivity index (χ2n) is 6.62. The van der Waals surface area contributed by atoms with Gasteiger partial charge < -0.3 is 14.8 Å². The molecule has 2 aromatic rings. The molecule has 0 unspecified atom stereocenters. The molecule has 8 heteroatoms. The van der Waals surface area contributed by atoms with E-state index in [4.69, 9.17) is 10.00 Å². The zero-order valence-corrected chi connectivity index (χ0v) is 16.0. The van der Waals surface area contributed by atoms with Gasteiger partial charge in [0.15, 0.2) is 0 Å². The van der Waals surface area contributed by atoms with Gasteiger partial charge in [-0.1, -0.05) is 18.7 Å². The predicted molar refractivity (Wildman–Crippen MR) is 104 cm³/mol. The maximum Gasteiger partial charge on any atom is 0.573 e. The number of hydrogen-bond acceptors (Lipinski definition) is 4. The van der Waals surface area contributed by atoms with E-state index >= 15 is 0 Å². The Morgan fingerprint density at radius 3 is 2.70 bits per heavy atom. The quantitative estimate of drug-likeness (QED) is 0.678. The van der Waals surface area contributed by atoms with E-state index in [1.54, 1.807) is 0 Å². The zero-order valence-electron chi connectivity index (χ0n) is 16.0. The van der Waals surface area contributed by atoms with Crippen LogP contribution in [0.15, 0.2) is 43.0 Å². The van der Waals surface area contributed by atoms with Crippen LogP contribution in [0.1, 0.15) is 23.1 Å². The monoisotopic (exact) mass is 416 g/mol. The third-order valence-corrected chi connectivity index (χ3v) is 4.71. The summed E-state index contributed by atoms with van der Waals surface area (Å²) in [6.07, 6.45) is -2.10.